The van der Waals surface area contributed by atoms with Gasteiger partial charge in [-0.25, -0.2) is 0 Å². The van der Waals surface area contributed by atoms with Gasteiger partial charge in [0.25, 0.3) is 0 Å². The lowest BCUT2D eigenvalue weighted by atomic mass is 9.77. The molecule has 3 nitrogen and oxygen atoms in total. The number of phenolic OH excluding ortho intramolecular Hbond substituents is 1. The molecular formula is C21H26O3. The maximum Gasteiger partial charge on any atom is 0.312 e. The molecule has 0 aliphatic carbocycles. The average Bonchev–Trinajstić information content (AvgIpc) is 2.60. The Morgan fingerprint density at radius 3 is 2.33 bits per heavy atom. The Morgan fingerprint density at radius 1 is 1.12 bits per heavy atom. The number of rotatable bonds is 7. The number of benzene rings is 2. The van der Waals surface area contributed by atoms with E-state index in [9.17, 15) is 9.90 Å². The molecule has 0 saturated carbocycles. The second-order valence-corrected chi connectivity index (χ2v) is 6.67. The number of hydrogen-bond donors (Lipinski definition) is 1. The summed E-state index contributed by atoms with van der Waals surface area (Å²) >= 11 is 0. The van der Waals surface area contributed by atoms with Gasteiger partial charge in [-0.3, -0.25) is 4.79 Å². The topological polar surface area (TPSA) is 46.5 Å². The van der Waals surface area contributed by atoms with Gasteiger partial charge >= 0.3 is 5.97 Å². The molecule has 2 rings (SSSR count). The highest BCUT2D eigenvalue weighted by molar-refractivity contribution is 5.76. The standard InChI is InChI=1S/C21H26O3/c1-4-21(3,14-16(2)18-10-12-19(22)13-11-18)20(23)24-15-17-8-6-5-7-9-17/h5-13,16,22H,4,14-15H2,1-3H3. The van der Waals surface area contributed by atoms with Crippen LogP contribution in [0.1, 0.15) is 50.7 Å². The molecule has 3 heteroatoms. The maximum atomic E-state index is 12.6. The van der Waals surface area contributed by atoms with Crippen LogP contribution >= 0.6 is 0 Å². The summed E-state index contributed by atoms with van der Waals surface area (Å²) in [6.45, 7) is 6.40. The molecule has 0 saturated heterocycles. The minimum absolute atomic E-state index is 0.153. The van der Waals surface area contributed by atoms with Gasteiger partial charge in [0.05, 0.1) is 5.41 Å². The van der Waals surface area contributed by atoms with Crippen LogP contribution in [-0.2, 0) is 16.1 Å². The molecule has 2 atom stereocenters. The molecule has 0 radical (unpaired) electrons. The van der Waals surface area contributed by atoms with Gasteiger partial charge in [0, 0.05) is 0 Å². The number of ether oxygens (including phenoxy) is 1. The van der Waals surface area contributed by atoms with Crippen molar-refractivity contribution in [3.63, 3.8) is 0 Å². The van der Waals surface area contributed by atoms with Gasteiger partial charge in [0.2, 0.25) is 0 Å². The van der Waals surface area contributed by atoms with E-state index in [1.165, 1.54) is 0 Å². The second-order valence-electron chi connectivity index (χ2n) is 6.67. The third-order valence-corrected chi connectivity index (χ3v) is 4.70. The van der Waals surface area contributed by atoms with Crippen LogP contribution in [0.4, 0.5) is 0 Å². The number of esters is 1. The average molecular weight is 326 g/mol. The van der Waals surface area contributed by atoms with E-state index in [4.69, 9.17) is 4.74 Å². The van der Waals surface area contributed by atoms with E-state index in [1.54, 1.807) is 12.1 Å². The maximum absolute atomic E-state index is 12.6. The molecule has 0 bridgehead atoms. The SMILES string of the molecule is CCC(C)(CC(C)c1ccc(O)cc1)C(=O)OCc1ccccc1. The van der Waals surface area contributed by atoms with Crippen LogP contribution in [0.5, 0.6) is 5.75 Å². The first-order valence-electron chi connectivity index (χ1n) is 8.44. The van der Waals surface area contributed by atoms with Gasteiger partial charge in [0.1, 0.15) is 12.4 Å². The smallest absolute Gasteiger partial charge is 0.312 e. The Bertz CT molecular complexity index is 649. The fourth-order valence-electron chi connectivity index (χ4n) is 2.87. The highest BCUT2D eigenvalue weighted by atomic mass is 16.5. The summed E-state index contributed by atoms with van der Waals surface area (Å²) in [4.78, 5) is 12.6. The second kappa shape index (κ2) is 8.00. The van der Waals surface area contributed by atoms with Crippen LogP contribution in [0.3, 0.4) is 0 Å². The first-order valence-corrected chi connectivity index (χ1v) is 8.44. The van der Waals surface area contributed by atoms with Gasteiger partial charge in [-0.2, -0.15) is 0 Å². The molecule has 2 aromatic carbocycles. The number of carbonyl (C=O) groups is 1. The van der Waals surface area contributed by atoms with Crippen LogP contribution in [0, 0.1) is 5.41 Å². The van der Waals surface area contributed by atoms with Gasteiger partial charge in [-0.1, -0.05) is 56.3 Å². The predicted molar refractivity (Wildman–Crippen MR) is 95.8 cm³/mol. The third kappa shape index (κ3) is 4.60. The Balaban J connectivity index is 2.00. The highest BCUT2D eigenvalue weighted by Gasteiger charge is 2.35. The molecular weight excluding hydrogens is 300 g/mol. The molecule has 0 aliphatic heterocycles. The third-order valence-electron chi connectivity index (χ3n) is 4.70. The summed E-state index contributed by atoms with van der Waals surface area (Å²) in [5.74, 6) is 0.311. The molecule has 0 spiro atoms. The van der Waals surface area contributed by atoms with E-state index >= 15 is 0 Å². The molecule has 0 amide bonds. The van der Waals surface area contributed by atoms with Crippen LogP contribution in [0.15, 0.2) is 54.6 Å². The minimum atomic E-state index is -0.522. The van der Waals surface area contributed by atoms with E-state index < -0.39 is 5.41 Å². The lowest BCUT2D eigenvalue weighted by Crippen LogP contribution is -2.30. The number of carbonyl (C=O) groups excluding carboxylic acids is 1. The minimum Gasteiger partial charge on any atom is -0.508 e. The van der Waals surface area contributed by atoms with Crippen molar-refractivity contribution in [3.8, 4) is 5.75 Å². The summed E-state index contributed by atoms with van der Waals surface area (Å²) in [6.07, 6.45) is 1.44. The normalized spacial score (nSPS) is 14.6. The lowest BCUT2D eigenvalue weighted by molar-refractivity contribution is -0.157. The number of phenols is 1. The molecule has 0 aliphatic rings. The Kier molecular flexibility index (Phi) is 6.02. The zero-order valence-corrected chi connectivity index (χ0v) is 14.7. The van der Waals surface area contributed by atoms with Crippen molar-refractivity contribution in [2.24, 2.45) is 5.41 Å². The van der Waals surface area contributed by atoms with Crippen molar-refractivity contribution in [3.05, 3.63) is 65.7 Å². The summed E-state index contributed by atoms with van der Waals surface area (Å²) in [7, 11) is 0. The van der Waals surface area contributed by atoms with Crippen LogP contribution < -0.4 is 0 Å². The molecule has 1 N–H and O–H groups in total. The molecule has 0 heterocycles. The van der Waals surface area contributed by atoms with Crippen LogP contribution in [0.2, 0.25) is 0 Å². The van der Waals surface area contributed by atoms with Crippen molar-refractivity contribution in [1.82, 2.24) is 0 Å². The van der Waals surface area contributed by atoms with E-state index in [-0.39, 0.29) is 17.6 Å². The predicted octanol–water partition coefficient (Wildman–Crippen LogP) is 5.05. The fourth-order valence-corrected chi connectivity index (χ4v) is 2.87. The van der Waals surface area contributed by atoms with Crippen LogP contribution in [0.25, 0.3) is 0 Å². The molecule has 24 heavy (non-hydrogen) atoms. The lowest BCUT2D eigenvalue weighted by Gasteiger charge is -2.29. The highest BCUT2D eigenvalue weighted by Crippen LogP contribution is 2.36. The van der Waals surface area contributed by atoms with E-state index in [0.717, 1.165) is 17.5 Å². The molecule has 0 fully saturated rings. The van der Waals surface area contributed by atoms with Crippen molar-refractivity contribution in [2.75, 3.05) is 0 Å². The zero-order chi connectivity index (χ0) is 17.6. The molecule has 0 aromatic heterocycles. The van der Waals surface area contributed by atoms with Crippen molar-refractivity contribution >= 4 is 5.97 Å². The van der Waals surface area contributed by atoms with Crippen LogP contribution in [-0.4, -0.2) is 11.1 Å². The summed E-state index contributed by atoms with van der Waals surface area (Å²) in [5, 5.41) is 9.41. The molecule has 2 aromatic rings. The van der Waals surface area contributed by atoms with Crippen molar-refractivity contribution in [1.29, 1.82) is 0 Å². The Morgan fingerprint density at radius 2 is 1.75 bits per heavy atom. The summed E-state index contributed by atoms with van der Waals surface area (Å²) < 4.78 is 5.56. The van der Waals surface area contributed by atoms with Crippen molar-refractivity contribution < 1.29 is 14.6 Å². The first kappa shape index (κ1) is 18.1. The van der Waals surface area contributed by atoms with Gasteiger partial charge in [-0.15, -0.1) is 0 Å². The van der Waals surface area contributed by atoms with Gasteiger partial charge in [-0.05, 0) is 48.9 Å². The van der Waals surface area contributed by atoms with Gasteiger partial charge in [0.15, 0.2) is 0 Å². The summed E-state index contributed by atoms with van der Waals surface area (Å²) in [6, 6.07) is 16.9. The van der Waals surface area contributed by atoms with E-state index in [0.29, 0.717) is 13.0 Å². The Hall–Kier alpha value is -2.29. The molecule has 128 valence electrons. The number of aromatic hydroxyl groups is 1. The largest absolute Gasteiger partial charge is 0.508 e. The summed E-state index contributed by atoms with van der Waals surface area (Å²) in [5.41, 5.74) is 1.59. The van der Waals surface area contributed by atoms with E-state index in [1.807, 2.05) is 56.3 Å². The van der Waals surface area contributed by atoms with Gasteiger partial charge < -0.3 is 9.84 Å². The fraction of sp³-hybridized carbons (Fsp3) is 0.381. The first-order chi connectivity index (χ1) is 11.4. The zero-order valence-electron chi connectivity index (χ0n) is 14.7. The Labute approximate surface area is 144 Å². The monoisotopic (exact) mass is 326 g/mol. The molecule has 2 unspecified atom stereocenters. The van der Waals surface area contributed by atoms with Crippen molar-refractivity contribution in [2.45, 2.75) is 46.1 Å². The number of hydrogen-bond acceptors (Lipinski definition) is 3. The van der Waals surface area contributed by atoms with E-state index in [2.05, 4.69) is 6.92 Å². The quantitative estimate of drug-likeness (QED) is 0.725.